The molecule has 0 aliphatic rings. The molecule has 0 fully saturated rings. The number of amides is 1. The first-order valence-electron chi connectivity index (χ1n) is 6.94. The van der Waals surface area contributed by atoms with Gasteiger partial charge in [0.05, 0.1) is 7.11 Å². The van der Waals surface area contributed by atoms with Crippen molar-refractivity contribution in [1.29, 1.82) is 0 Å². The monoisotopic (exact) mass is 320 g/mol. The third-order valence-electron chi connectivity index (χ3n) is 2.96. The number of halogens is 1. The zero-order chi connectivity index (χ0) is 16.7. The molecular weight excluding hydrogens is 303 g/mol. The van der Waals surface area contributed by atoms with Crippen molar-refractivity contribution >= 4 is 5.91 Å². The lowest BCUT2D eigenvalue weighted by Gasteiger charge is -2.14. The van der Waals surface area contributed by atoms with Crippen molar-refractivity contribution in [2.24, 2.45) is 0 Å². The number of hydrogen-bond acceptors (Lipinski definition) is 5. The lowest BCUT2D eigenvalue weighted by atomic mass is 10.2. The third-order valence-corrected chi connectivity index (χ3v) is 2.96. The van der Waals surface area contributed by atoms with Crippen LogP contribution in [-0.4, -0.2) is 42.4 Å². The maximum absolute atomic E-state index is 12.8. The minimum absolute atomic E-state index is 0.00191. The maximum atomic E-state index is 12.8. The van der Waals surface area contributed by atoms with Crippen molar-refractivity contribution in [3.63, 3.8) is 0 Å². The van der Waals surface area contributed by atoms with E-state index in [1.54, 1.807) is 12.1 Å². The second-order valence-corrected chi connectivity index (χ2v) is 4.69. The molecule has 2 aromatic rings. The lowest BCUT2D eigenvalue weighted by molar-refractivity contribution is 0.0840. The molecule has 1 atom stereocenters. The standard InChI is InChI=1S/C16H17FN2O4/c1-22-16-14(3-2-8-18-16)15(21)19-9-12(20)10-23-13-6-4-11(17)5-7-13/h2-8,12,20H,9-10H2,1H3,(H,19,21)/t12-/m0/s1. The molecule has 122 valence electrons. The minimum atomic E-state index is -0.910. The van der Waals surface area contributed by atoms with Gasteiger partial charge in [-0.15, -0.1) is 0 Å². The van der Waals surface area contributed by atoms with E-state index >= 15 is 0 Å². The molecule has 0 aliphatic heterocycles. The highest BCUT2D eigenvalue weighted by atomic mass is 19.1. The molecular formula is C16H17FN2O4. The van der Waals surface area contributed by atoms with E-state index in [2.05, 4.69) is 10.3 Å². The van der Waals surface area contributed by atoms with Crippen molar-refractivity contribution in [3.8, 4) is 11.6 Å². The minimum Gasteiger partial charge on any atom is -0.491 e. The Morgan fingerprint density at radius 1 is 1.35 bits per heavy atom. The van der Waals surface area contributed by atoms with Gasteiger partial charge in [-0.3, -0.25) is 4.79 Å². The van der Waals surface area contributed by atoms with Crippen molar-refractivity contribution in [2.75, 3.05) is 20.3 Å². The third kappa shape index (κ3) is 4.93. The number of nitrogens with zero attached hydrogens (tertiary/aromatic N) is 1. The van der Waals surface area contributed by atoms with E-state index in [-0.39, 0.29) is 30.4 Å². The van der Waals surface area contributed by atoms with Crippen molar-refractivity contribution in [3.05, 3.63) is 54.0 Å². The lowest BCUT2D eigenvalue weighted by Crippen LogP contribution is -2.35. The first kappa shape index (κ1) is 16.7. The summed E-state index contributed by atoms with van der Waals surface area (Å²) < 4.78 is 23.0. The summed E-state index contributed by atoms with van der Waals surface area (Å²) >= 11 is 0. The number of rotatable bonds is 7. The van der Waals surface area contributed by atoms with Crippen molar-refractivity contribution in [1.82, 2.24) is 10.3 Å². The maximum Gasteiger partial charge on any atom is 0.256 e. The molecule has 0 spiro atoms. The van der Waals surface area contributed by atoms with Gasteiger partial charge in [-0.1, -0.05) is 0 Å². The largest absolute Gasteiger partial charge is 0.491 e. The van der Waals surface area contributed by atoms with E-state index < -0.39 is 12.0 Å². The van der Waals surface area contributed by atoms with E-state index in [0.29, 0.717) is 5.75 Å². The summed E-state index contributed by atoms with van der Waals surface area (Å²) in [5.74, 6) is -0.126. The Hall–Kier alpha value is -2.67. The first-order chi connectivity index (χ1) is 11.1. The number of pyridine rings is 1. The number of aliphatic hydroxyl groups excluding tert-OH is 1. The van der Waals surface area contributed by atoms with Gasteiger partial charge in [-0.2, -0.15) is 0 Å². The van der Waals surface area contributed by atoms with Crippen LogP contribution in [0.2, 0.25) is 0 Å². The molecule has 2 N–H and O–H groups in total. The van der Waals surface area contributed by atoms with Crippen molar-refractivity contribution < 1.29 is 23.8 Å². The molecule has 1 aromatic heterocycles. The highest BCUT2D eigenvalue weighted by Crippen LogP contribution is 2.13. The number of carbonyl (C=O) groups is 1. The van der Waals surface area contributed by atoms with Gasteiger partial charge in [0.15, 0.2) is 0 Å². The Balaban J connectivity index is 1.80. The zero-order valence-corrected chi connectivity index (χ0v) is 12.5. The number of aliphatic hydroxyl groups is 1. The average Bonchev–Trinajstić information content (AvgIpc) is 2.59. The van der Waals surface area contributed by atoms with Gasteiger partial charge < -0.3 is 19.9 Å². The molecule has 7 heteroatoms. The number of carbonyl (C=O) groups excluding carboxylic acids is 1. The summed E-state index contributed by atoms with van der Waals surface area (Å²) in [6.45, 7) is -0.0336. The number of methoxy groups -OCH3 is 1. The second kappa shape index (κ2) is 8.09. The quantitative estimate of drug-likeness (QED) is 0.806. The van der Waals surface area contributed by atoms with E-state index in [9.17, 15) is 14.3 Å². The van der Waals surface area contributed by atoms with Crippen LogP contribution in [0.1, 0.15) is 10.4 Å². The van der Waals surface area contributed by atoms with E-state index in [1.807, 2.05) is 0 Å². The van der Waals surface area contributed by atoms with Crippen molar-refractivity contribution in [2.45, 2.75) is 6.10 Å². The predicted molar refractivity (Wildman–Crippen MR) is 81.0 cm³/mol. The second-order valence-electron chi connectivity index (χ2n) is 4.69. The van der Waals surface area contributed by atoms with Gasteiger partial charge in [0, 0.05) is 12.7 Å². The van der Waals surface area contributed by atoms with Crippen LogP contribution in [0.25, 0.3) is 0 Å². The first-order valence-corrected chi connectivity index (χ1v) is 6.94. The molecule has 0 saturated heterocycles. The molecule has 0 unspecified atom stereocenters. The van der Waals surface area contributed by atoms with Crippen LogP contribution < -0.4 is 14.8 Å². The fraction of sp³-hybridized carbons (Fsp3) is 0.250. The zero-order valence-electron chi connectivity index (χ0n) is 12.5. The molecule has 2 rings (SSSR count). The average molecular weight is 320 g/mol. The summed E-state index contributed by atoms with van der Waals surface area (Å²) in [4.78, 5) is 15.9. The highest BCUT2D eigenvalue weighted by molar-refractivity contribution is 5.96. The number of ether oxygens (including phenoxy) is 2. The molecule has 23 heavy (non-hydrogen) atoms. The highest BCUT2D eigenvalue weighted by Gasteiger charge is 2.14. The van der Waals surface area contributed by atoms with Gasteiger partial charge in [0.25, 0.3) is 5.91 Å². The Morgan fingerprint density at radius 2 is 2.09 bits per heavy atom. The van der Waals surface area contributed by atoms with E-state index in [0.717, 1.165) is 0 Å². The molecule has 0 aliphatic carbocycles. The smallest absolute Gasteiger partial charge is 0.256 e. The normalized spacial score (nSPS) is 11.6. The van der Waals surface area contributed by atoms with Crippen LogP contribution in [0.3, 0.4) is 0 Å². The number of aromatic nitrogens is 1. The number of hydrogen-bond donors (Lipinski definition) is 2. The summed E-state index contributed by atoms with van der Waals surface area (Å²) in [5, 5.41) is 12.4. The van der Waals surface area contributed by atoms with Crippen LogP contribution in [0, 0.1) is 5.82 Å². The fourth-order valence-corrected chi connectivity index (χ4v) is 1.81. The molecule has 1 aromatic carbocycles. The molecule has 1 heterocycles. The van der Waals surface area contributed by atoms with Gasteiger partial charge in [0.1, 0.15) is 29.8 Å². The van der Waals surface area contributed by atoms with E-state index in [1.165, 1.54) is 37.6 Å². The summed E-state index contributed by atoms with van der Waals surface area (Å²) in [5.41, 5.74) is 0.279. The van der Waals surface area contributed by atoms with Crippen LogP contribution >= 0.6 is 0 Å². The summed E-state index contributed by atoms with van der Waals surface area (Å²) in [7, 11) is 1.42. The van der Waals surface area contributed by atoms with Gasteiger partial charge in [-0.25, -0.2) is 9.37 Å². The number of benzene rings is 1. The van der Waals surface area contributed by atoms with Gasteiger partial charge in [-0.05, 0) is 36.4 Å². The van der Waals surface area contributed by atoms with Gasteiger partial charge in [0.2, 0.25) is 5.88 Å². The molecule has 0 bridgehead atoms. The Kier molecular flexibility index (Phi) is 5.87. The Labute approximate surface area is 132 Å². The predicted octanol–water partition coefficient (Wildman–Crippen LogP) is 1.40. The topological polar surface area (TPSA) is 80.7 Å². The molecule has 6 nitrogen and oxygen atoms in total. The molecule has 0 saturated carbocycles. The van der Waals surface area contributed by atoms with Crippen LogP contribution in [-0.2, 0) is 0 Å². The summed E-state index contributed by atoms with van der Waals surface area (Å²) in [6, 6.07) is 8.63. The number of nitrogens with one attached hydrogen (secondary N) is 1. The van der Waals surface area contributed by atoms with Crippen LogP contribution in [0.5, 0.6) is 11.6 Å². The van der Waals surface area contributed by atoms with Crippen LogP contribution in [0.15, 0.2) is 42.6 Å². The Morgan fingerprint density at radius 3 is 2.78 bits per heavy atom. The molecule has 0 radical (unpaired) electrons. The van der Waals surface area contributed by atoms with Crippen LogP contribution in [0.4, 0.5) is 4.39 Å². The molecule has 1 amide bonds. The fourth-order valence-electron chi connectivity index (χ4n) is 1.81. The SMILES string of the molecule is COc1ncccc1C(=O)NC[C@H](O)COc1ccc(F)cc1. The van der Waals surface area contributed by atoms with E-state index in [4.69, 9.17) is 9.47 Å². The summed E-state index contributed by atoms with van der Waals surface area (Å²) in [6.07, 6.45) is 0.604. The van der Waals surface area contributed by atoms with Gasteiger partial charge >= 0.3 is 0 Å². The Bertz CT molecular complexity index is 649.